The van der Waals surface area contributed by atoms with Gasteiger partial charge in [0.2, 0.25) is 6.79 Å². The second kappa shape index (κ2) is 5.61. The molecule has 1 aliphatic carbocycles. The van der Waals surface area contributed by atoms with E-state index in [-0.39, 0.29) is 24.7 Å². The molecule has 5 rings (SSSR count). The summed E-state index contributed by atoms with van der Waals surface area (Å²) >= 11 is 0. The van der Waals surface area contributed by atoms with Gasteiger partial charge in [-0.1, -0.05) is 0 Å². The molecule has 3 aliphatic heterocycles. The molecule has 0 amide bonds. The number of carbonyl (C=O) groups is 2. The SMILES string of the molecule is CC(=O)OC1CC2CCN(C)C2C2c3cc4c(cc3C(=O)OC12)OCO4. The predicted molar refractivity (Wildman–Crippen MR) is 89.2 cm³/mol. The van der Waals surface area contributed by atoms with E-state index in [0.717, 1.165) is 24.9 Å². The molecule has 7 nitrogen and oxygen atoms in total. The predicted octanol–water partition coefficient (Wildman–Crippen LogP) is 1.69. The Kier molecular flexibility index (Phi) is 3.44. The lowest BCUT2D eigenvalue weighted by Gasteiger charge is -2.47. The molecule has 5 unspecified atom stereocenters. The number of rotatable bonds is 1. The number of hydrogen-bond acceptors (Lipinski definition) is 7. The number of esters is 2. The van der Waals surface area contributed by atoms with Crippen LogP contribution in [0.1, 0.15) is 41.6 Å². The summed E-state index contributed by atoms with van der Waals surface area (Å²) in [5.41, 5.74) is 1.44. The fourth-order valence-electron chi connectivity index (χ4n) is 5.17. The van der Waals surface area contributed by atoms with Crippen LogP contribution in [0.4, 0.5) is 0 Å². The Balaban J connectivity index is 1.63. The molecule has 1 aromatic carbocycles. The minimum absolute atomic E-state index is 0.0483. The molecule has 0 N–H and O–H groups in total. The topological polar surface area (TPSA) is 74.3 Å². The summed E-state index contributed by atoms with van der Waals surface area (Å²) in [7, 11) is 2.11. The van der Waals surface area contributed by atoms with Crippen LogP contribution >= 0.6 is 0 Å². The van der Waals surface area contributed by atoms with Gasteiger partial charge < -0.3 is 23.8 Å². The Morgan fingerprint density at radius 3 is 2.81 bits per heavy atom. The summed E-state index contributed by atoms with van der Waals surface area (Å²) in [6.45, 7) is 2.54. The minimum atomic E-state index is -0.471. The summed E-state index contributed by atoms with van der Waals surface area (Å²) in [6.07, 6.45) is 0.896. The first-order valence-corrected chi connectivity index (χ1v) is 9.05. The van der Waals surface area contributed by atoms with Gasteiger partial charge in [0, 0.05) is 18.9 Å². The van der Waals surface area contributed by atoms with Crippen LogP contribution in [0.2, 0.25) is 0 Å². The largest absolute Gasteiger partial charge is 0.459 e. The number of carbonyl (C=O) groups excluding carboxylic acids is 2. The van der Waals surface area contributed by atoms with Crippen molar-refractivity contribution in [3.63, 3.8) is 0 Å². The Bertz CT molecular complexity index is 792. The van der Waals surface area contributed by atoms with Crippen LogP contribution < -0.4 is 9.47 Å². The van der Waals surface area contributed by atoms with Crippen LogP contribution in [0.5, 0.6) is 11.5 Å². The molecule has 7 heteroatoms. The summed E-state index contributed by atoms with van der Waals surface area (Å²) in [6, 6.07) is 3.88. The average molecular weight is 359 g/mol. The van der Waals surface area contributed by atoms with E-state index in [1.165, 1.54) is 6.92 Å². The maximum absolute atomic E-state index is 12.7. The lowest BCUT2D eigenvalue weighted by molar-refractivity contribution is -0.160. The van der Waals surface area contributed by atoms with E-state index in [2.05, 4.69) is 11.9 Å². The van der Waals surface area contributed by atoms with Gasteiger partial charge in [-0.3, -0.25) is 4.79 Å². The third kappa shape index (κ3) is 2.23. The van der Waals surface area contributed by atoms with Gasteiger partial charge in [0.15, 0.2) is 11.5 Å². The Morgan fingerprint density at radius 2 is 2.04 bits per heavy atom. The number of likely N-dealkylation sites (tertiary alicyclic amines) is 1. The first-order chi connectivity index (χ1) is 12.5. The molecule has 0 bridgehead atoms. The molecule has 2 fully saturated rings. The van der Waals surface area contributed by atoms with Crippen LogP contribution in [0.3, 0.4) is 0 Å². The summed E-state index contributed by atoms with van der Waals surface area (Å²) in [5.74, 6) is 0.849. The number of hydrogen-bond donors (Lipinski definition) is 0. The highest BCUT2D eigenvalue weighted by Crippen LogP contribution is 2.51. The van der Waals surface area contributed by atoms with Gasteiger partial charge in [-0.15, -0.1) is 0 Å². The van der Waals surface area contributed by atoms with Crippen LogP contribution in [-0.4, -0.2) is 55.5 Å². The summed E-state index contributed by atoms with van der Waals surface area (Å²) in [4.78, 5) is 26.6. The fourth-order valence-corrected chi connectivity index (χ4v) is 5.17. The van der Waals surface area contributed by atoms with Crippen LogP contribution in [-0.2, 0) is 14.3 Å². The molecular formula is C19H21NO6. The van der Waals surface area contributed by atoms with Crippen molar-refractivity contribution in [3.05, 3.63) is 23.3 Å². The Labute approximate surface area is 151 Å². The van der Waals surface area contributed by atoms with Crippen LogP contribution in [0.15, 0.2) is 12.1 Å². The molecule has 1 saturated heterocycles. The lowest BCUT2D eigenvalue weighted by atomic mass is 9.69. The lowest BCUT2D eigenvalue weighted by Crippen LogP contribution is -2.55. The molecular weight excluding hydrogens is 338 g/mol. The second-order valence-corrected chi connectivity index (χ2v) is 7.59. The van der Waals surface area contributed by atoms with Crippen molar-refractivity contribution >= 4 is 11.9 Å². The molecule has 0 aromatic heterocycles. The Hall–Kier alpha value is -2.28. The maximum Gasteiger partial charge on any atom is 0.338 e. The standard InChI is InChI=1S/C19H21NO6/c1-9(21)25-15-5-10-3-4-20(2)17(10)16-11-6-13-14(24-8-23-13)7-12(11)19(22)26-18(15)16/h6-7,10,15-18H,3-5,8H2,1-2H3. The van der Waals surface area contributed by atoms with Gasteiger partial charge in [-0.25, -0.2) is 4.79 Å². The van der Waals surface area contributed by atoms with Gasteiger partial charge in [0.05, 0.1) is 5.56 Å². The van der Waals surface area contributed by atoms with Crippen LogP contribution in [0.25, 0.3) is 0 Å². The molecule has 1 saturated carbocycles. The maximum atomic E-state index is 12.7. The molecule has 3 heterocycles. The number of fused-ring (bicyclic) bond motifs is 6. The zero-order valence-electron chi connectivity index (χ0n) is 14.8. The quantitative estimate of drug-likeness (QED) is 0.707. The van der Waals surface area contributed by atoms with E-state index in [1.807, 2.05) is 6.07 Å². The van der Waals surface area contributed by atoms with Crippen molar-refractivity contribution in [3.8, 4) is 11.5 Å². The fraction of sp³-hybridized carbons (Fsp3) is 0.579. The smallest absolute Gasteiger partial charge is 0.338 e. The number of likely N-dealkylation sites (N-methyl/N-ethyl adjacent to an activating group) is 1. The highest BCUT2D eigenvalue weighted by atomic mass is 16.7. The molecule has 0 spiro atoms. The van der Waals surface area contributed by atoms with E-state index in [4.69, 9.17) is 18.9 Å². The third-order valence-electron chi connectivity index (χ3n) is 6.15. The van der Waals surface area contributed by atoms with E-state index < -0.39 is 18.2 Å². The van der Waals surface area contributed by atoms with E-state index in [9.17, 15) is 9.59 Å². The minimum Gasteiger partial charge on any atom is -0.459 e. The number of ether oxygens (including phenoxy) is 4. The van der Waals surface area contributed by atoms with Gasteiger partial charge in [-0.2, -0.15) is 0 Å². The molecule has 26 heavy (non-hydrogen) atoms. The normalized spacial score (nSPS) is 34.5. The monoisotopic (exact) mass is 359 g/mol. The zero-order chi connectivity index (χ0) is 18.0. The van der Waals surface area contributed by atoms with Crippen molar-refractivity contribution in [1.29, 1.82) is 0 Å². The molecule has 1 aromatic rings. The molecule has 138 valence electrons. The first kappa shape index (κ1) is 15.9. The van der Waals surface area contributed by atoms with E-state index >= 15 is 0 Å². The van der Waals surface area contributed by atoms with Gasteiger partial charge in [-0.05, 0) is 50.0 Å². The Morgan fingerprint density at radius 1 is 1.27 bits per heavy atom. The molecule has 5 atom stereocenters. The second-order valence-electron chi connectivity index (χ2n) is 7.59. The molecule has 4 aliphatic rings. The van der Waals surface area contributed by atoms with E-state index in [1.54, 1.807) is 6.07 Å². The van der Waals surface area contributed by atoms with Crippen LogP contribution in [0, 0.1) is 5.92 Å². The van der Waals surface area contributed by atoms with Gasteiger partial charge >= 0.3 is 11.9 Å². The average Bonchev–Trinajstić information content (AvgIpc) is 3.20. The van der Waals surface area contributed by atoms with Gasteiger partial charge in [0.1, 0.15) is 12.2 Å². The molecule has 0 radical (unpaired) electrons. The number of benzene rings is 1. The summed E-state index contributed by atoms with van der Waals surface area (Å²) in [5, 5.41) is 0. The summed E-state index contributed by atoms with van der Waals surface area (Å²) < 4.78 is 22.3. The van der Waals surface area contributed by atoms with Crippen molar-refractivity contribution in [2.75, 3.05) is 20.4 Å². The zero-order valence-corrected chi connectivity index (χ0v) is 14.8. The third-order valence-corrected chi connectivity index (χ3v) is 6.15. The van der Waals surface area contributed by atoms with Crippen molar-refractivity contribution in [2.45, 2.75) is 43.9 Å². The first-order valence-electron chi connectivity index (χ1n) is 9.05. The van der Waals surface area contributed by atoms with Gasteiger partial charge in [0.25, 0.3) is 0 Å². The number of nitrogens with zero attached hydrogens (tertiary/aromatic N) is 1. The van der Waals surface area contributed by atoms with Crippen molar-refractivity contribution in [1.82, 2.24) is 4.90 Å². The van der Waals surface area contributed by atoms with Crippen molar-refractivity contribution in [2.24, 2.45) is 5.92 Å². The highest BCUT2D eigenvalue weighted by molar-refractivity contribution is 5.94. The highest BCUT2D eigenvalue weighted by Gasteiger charge is 2.55. The van der Waals surface area contributed by atoms with E-state index in [0.29, 0.717) is 23.0 Å². The van der Waals surface area contributed by atoms with Crippen molar-refractivity contribution < 1.29 is 28.5 Å².